The fourth-order valence-corrected chi connectivity index (χ4v) is 3.44. The van der Waals surface area contributed by atoms with Crippen molar-refractivity contribution in [3.8, 4) is 0 Å². The Morgan fingerprint density at radius 1 is 1.22 bits per heavy atom. The third kappa shape index (κ3) is 5.48. The molecular weight excluding hydrogens is 397 g/mol. The number of carbonyl (C=O) groups is 1. The number of nitrogens with one attached hydrogen (secondary N) is 1. The predicted molar refractivity (Wildman–Crippen MR) is 99.7 cm³/mol. The minimum absolute atomic E-state index is 0.268. The van der Waals surface area contributed by atoms with Crippen molar-refractivity contribution < 1.29 is 22.3 Å². The van der Waals surface area contributed by atoms with Gasteiger partial charge in [0.1, 0.15) is 21.5 Å². The molecule has 1 N–H and O–H groups in total. The van der Waals surface area contributed by atoms with E-state index in [-0.39, 0.29) is 10.8 Å². The molecule has 1 heterocycles. The molecule has 0 saturated carbocycles. The lowest BCUT2D eigenvalue weighted by Crippen LogP contribution is -2.34. The average molecular weight is 414 g/mol. The molecule has 0 amide bonds. The minimum Gasteiger partial charge on any atom is -0.455 e. The summed E-state index contributed by atoms with van der Waals surface area (Å²) < 4.78 is 43.9. The van der Waals surface area contributed by atoms with Crippen LogP contribution in [0.1, 0.15) is 20.8 Å². The SMILES string of the molecule is CC(C)(C)OC(=O)C(=NNc1ccc(F)cc1)S(=O)(=O)c1cccnc1Cl. The van der Waals surface area contributed by atoms with Gasteiger partial charge < -0.3 is 4.74 Å². The molecule has 10 heteroatoms. The van der Waals surface area contributed by atoms with Gasteiger partial charge in [0, 0.05) is 6.20 Å². The van der Waals surface area contributed by atoms with E-state index in [4.69, 9.17) is 16.3 Å². The first kappa shape index (κ1) is 20.8. The second kappa shape index (κ2) is 8.01. The molecule has 0 saturated heterocycles. The first-order valence-corrected chi connectivity index (χ1v) is 9.55. The quantitative estimate of drug-likeness (QED) is 0.272. The number of halogens is 2. The average Bonchev–Trinajstić information content (AvgIpc) is 2.55. The number of sulfone groups is 1. The van der Waals surface area contributed by atoms with E-state index in [0.29, 0.717) is 0 Å². The highest BCUT2D eigenvalue weighted by atomic mass is 35.5. The van der Waals surface area contributed by atoms with E-state index in [1.54, 1.807) is 20.8 Å². The lowest BCUT2D eigenvalue weighted by atomic mass is 10.2. The van der Waals surface area contributed by atoms with Crippen molar-refractivity contribution in [3.63, 3.8) is 0 Å². The van der Waals surface area contributed by atoms with E-state index in [2.05, 4.69) is 15.5 Å². The molecule has 2 aromatic rings. The van der Waals surface area contributed by atoms with Gasteiger partial charge in [-0.15, -0.1) is 0 Å². The summed E-state index contributed by atoms with van der Waals surface area (Å²) >= 11 is 5.87. The predicted octanol–water partition coefficient (Wildman–Crippen LogP) is 3.42. The Balaban J connectivity index is 2.49. The Hall–Kier alpha value is -2.52. The summed E-state index contributed by atoms with van der Waals surface area (Å²) in [7, 11) is -4.44. The van der Waals surface area contributed by atoms with E-state index < -0.39 is 37.2 Å². The molecule has 144 valence electrons. The Kier molecular flexibility index (Phi) is 6.17. The first-order valence-electron chi connectivity index (χ1n) is 7.69. The van der Waals surface area contributed by atoms with Gasteiger partial charge in [-0.3, -0.25) is 5.43 Å². The Morgan fingerprint density at radius 2 is 1.85 bits per heavy atom. The fraction of sp³-hybridized carbons (Fsp3) is 0.235. The Morgan fingerprint density at radius 3 is 2.41 bits per heavy atom. The number of hydrogen-bond acceptors (Lipinski definition) is 7. The Labute approximate surface area is 161 Å². The largest absolute Gasteiger partial charge is 0.455 e. The van der Waals surface area contributed by atoms with Crippen molar-refractivity contribution in [1.82, 2.24) is 4.98 Å². The molecule has 0 fully saturated rings. The summed E-state index contributed by atoms with van der Waals surface area (Å²) in [6.07, 6.45) is 1.31. The Bertz CT molecular complexity index is 970. The maximum Gasteiger partial charge on any atom is 0.371 e. The molecule has 0 atom stereocenters. The molecule has 27 heavy (non-hydrogen) atoms. The van der Waals surface area contributed by atoms with E-state index >= 15 is 0 Å². The number of nitrogens with zero attached hydrogens (tertiary/aromatic N) is 2. The van der Waals surface area contributed by atoms with Crippen molar-refractivity contribution in [3.05, 3.63) is 53.6 Å². The molecule has 0 spiro atoms. The lowest BCUT2D eigenvalue weighted by Gasteiger charge is -2.20. The third-order valence-corrected chi connectivity index (χ3v) is 5.06. The maximum absolute atomic E-state index is 13.0. The van der Waals surface area contributed by atoms with Gasteiger partial charge >= 0.3 is 5.97 Å². The topological polar surface area (TPSA) is 97.7 Å². The van der Waals surface area contributed by atoms with Crippen LogP contribution in [0.3, 0.4) is 0 Å². The zero-order chi connectivity index (χ0) is 20.2. The molecule has 0 aliphatic heterocycles. The third-order valence-electron chi connectivity index (χ3n) is 2.97. The molecule has 0 radical (unpaired) electrons. The number of benzene rings is 1. The summed E-state index contributed by atoms with van der Waals surface area (Å²) in [6.45, 7) is 4.75. The highest BCUT2D eigenvalue weighted by molar-refractivity contribution is 8.08. The molecule has 0 aliphatic rings. The number of esters is 1. The van der Waals surface area contributed by atoms with Crippen LogP contribution in [0.4, 0.5) is 10.1 Å². The van der Waals surface area contributed by atoms with Gasteiger partial charge in [0.15, 0.2) is 0 Å². The van der Waals surface area contributed by atoms with Crippen molar-refractivity contribution in [2.24, 2.45) is 5.10 Å². The van der Waals surface area contributed by atoms with E-state index in [1.807, 2.05) is 0 Å². The molecule has 0 aliphatic carbocycles. The van der Waals surface area contributed by atoms with Crippen LogP contribution in [0.5, 0.6) is 0 Å². The van der Waals surface area contributed by atoms with Crippen LogP contribution < -0.4 is 5.43 Å². The normalized spacial score (nSPS) is 12.6. The van der Waals surface area contributed by atoms with Crippen LogP contribution in [0.25, 0.3) is 0 Å². The van der Waals surface area contributed by atoms with E-state index in [1.165, 1.54) is 30.5 Å². The monoisotopic (exact) mass is 413 g/mol. The van der Waals surface area contributed by atoms with Gasteiger partial charge in [-0.25, -0.2) is 22.6 Å². The highest BCUT2D eigenvalue weighted by Crippen LogP contribution is 2.22. The molecule has 0 unspecified atom stereocenters. The molecule has 1 aromatic heterocycles. The van der Waals surface area contributed by atoms with Crippen molar-refractivity contribution in [2.45, 2.75) is 31.3 Å². The molecule has 2 rings (SSSR count). The number of aromatic nitrogens is 1. The standard InChI is InChI=1S/C17H17ClFN3O4S/c1-17(2,3)26-16(23)15(22-21-12-8-6-11(19)7-9-12)27(24,25)13-5-4-10-20-14(13)18/h4-10,21H,1-3H3. The van der Waals surface area contributed by atoms with E-state index in [9.17, 15) is 17.6 Å². The number of ether oxygens (including phenoxy) is 1. The van der Waals surface area contributed by atoms with Gasteiger partial charge in [-0.2, -0.15) is 5.10 Å². The van der Waals surface area contributed by atoms with Crippen LogP contribution in [-0.2, 0) is 19.4 Å². The number of pyridine rings is 1. The number of hydrogen-bond donors (Lipinski definition) is 1. The molecule has 1 aromatic carbocycles. The van der Waals surface area contributed by atoms with Crippen molar-refractivity contribution in [1.29, 1.82) is 0 Å². The van der Waals surface area contributed by atoms with Crippen LogP contribution in [0.2, 0.25) is 5.15 Å². The zero-order valence-electron chi connectivity index (χ0n) is 14.7. The second-order valence-electron chi connectivity index (χ2n) is 6.33. The lowest BCUT2D eigenvalue weighted by molar-refractivity contribution is -0.145. The van der Waals surface area contributed by atoms with Crippen LogP contribution in [-0.4, -0.2) is 30.0 Å². The molecular formula is C17H17ClFN3O4S. The number of rotatable bonds is 3. The smallest absolute Gasteiger partial charge is 0.371 e. The number of hydrazone groups is 1. The number of anilines is 1. The highest BCUT2D eigenvalue weighted by Gasteiger charge is 2.35. The first-order chi connectivity index (χ1) is 12.5. The molecule has 7 nitrogen and oxygen atoms in total. The second-order valence-corrected chi connectivity index (χ2v) is 8.52. The number of carbonyl (C=O) groups excluding carboxylic acids is 1. The van der Waals surface area contributed by atoms with E-state index in [0.717, 1.165) is 12.1 Å². The van der Waals surface area contributed by atoms with Gasteiger partial charge in [0.25, 0.3) is 5.04 Å². The molecule has 0 bridgehead atoms. The van der Waals surface area contributed by atoms with Crippen LogP contribution >= 0.6 is 11.6 Å². The summed E-state index contributed by atoms with van der Waals surface area (Å²) in [4.78, 5) is 15.8. The van der Waals surface area contributed by atoms with Gasteiger partial charge in [-0.05, 0) is 57.2 Å². The summed E-state index contributed by atoms with van der Waals surface area (Å²) in [5.74, 6) is -1.65. The van der Waals surface area contributed by atoms with Crippen molar-refractivity contribution in [2.75, 3.05) is 5.43 Å². The van der Waals surface area contributed by atoms with Gasteiger partial charge in [0.2, 0.25) is 9.84 Å². The minimum atomic E-state index is -4.44. The van der Waals surface area contributed by atoms with Gasteiger partial charge in [-0.1, -0.05) is 11.6 Å². The fourth-order valence-electron chi connectivity index (χ4n) is 1.85. The van der Waals surface area contributed by atoms with Gasteiger partial charge in [0.05, 0.1) is 5.69 Å². The maximum atomic E-state index is 13.0. The van der Waals surface area contributed by atoms with Crippen LogP contribution in [0.15, 0.2) is 52.6 Å². The zero-order valence-corrected chi connectivity index (χ0v) is 16.3. The summed E-state index contributed by atoms with van der Waals surface area (Å²) in [5.41, 5.74) is 1.72. The van der Waals surface area contributed by atoms with Crippen LogP contribution in [0, 0.1) is 5.82 Å². The summed E-state index contributed by atoms with van der Waals surface area (Å²) in [5, 5.41) is 2.48. The van der Waals surface area contributed by atoms with Crippen molar-refractivity contribution >= 4 is 38.1 Å². The summed E-state index contributed by atoms with van der Waals surface area (Å²) in [6, 6.07) is 7.51.